The molecule has 1 saturated heterocycles. The molecule has 0 saturated carbocycles. The molecule has 0 radical (unpaired) electrons. The molecule has 0 aliphatic carbocycles. The summed E-state index contributed by atoms with van der Waals surface area (Å²) in [7, 11) is -0.983. The van der Waals surface area contributed by atoms with Crippen LogP contribution in [0.4, 0.5) is 0 Å². The summed E-state index contributed by atoms with van der Waals surface area (Å²) >= 11 is 0. The van der Waals surface area contributed by atoms with Gasteiger partial charge in [-0.25, -0.2) is 8.42 Å². The molecule has 1 aliphatic heterocycles. The van der Waals surface area contributed by atoms with E-state index in [4.69, 9.17) is 4.74 Å². The van der Waals surface area contributed by atoms with Crippen molar-refractivity contribution in [3.05, 3.63) is 12.4 Å². The molecule has 5 nitrogen and oxygen atoms in total. The lowest BCUT2D eigenvalue weighted by molar-refractivity contribution is 0.263. The molecule has 1 aromatic heterocycles. The molecule has 1 aromatic rings. The Morgan fingerprint density at radius 1 is 1.67 bits per heavy atom. The van der Waals surface area contributed by atoms with Gasteiger partial charge in [-0.15, -0.1) is 0 Å². The summed E-state index contributed by atoms with van der Waals surface area (Å²) in [6, 6.07) is 0. The van der Waals surface area contributed by atoms with Crippen LogP contribution in [0.2, 0.25) is 0 Å². The van der Waals surface area contributed by atoms with Gasteiger partial charge in [-0.05, 0) is 6.42 Å². The molecule has 1 unspecified atom stereocenters. The number of hydrogen-bond acceptors (Lipinski definition) is 4. The van der Waals surface area contributed by atoms with E-state index in [2.05, 4.69) is 5.10 Å². The summed E-state index contributed by atoms with van der Waals surface area (Å²) in [5.74, 6) is 1.39. The second kappa shape index (κ2) is 3.84. The number of ether oxygens (including phenoxy) is 1. The highest BCUT2D eigenvalue weighted by molar-refractivity contribution is 7.91. The van der Waals surface area contributed by atoms with Gasteiger partial charge < -0.3 is 4.74 Å². The van der Waals surface area contributed by atoms with Crippen molar-refractivity contribution in [2.75, 3.05) is 18.1 Å². The number of aromatic nitrogens is 2. The van der Waals surface area contributed by atoms with Crippen LogP contribution in [0.25, 0.3) is 0 Å². The van der Waals surface area contributed by atoms with E-state index < -0.39 is 9.84 Å². The first kappa shape index (κ1) is 10.5. The highest BCUT2D eigenvalue weighted by Gasteiger charge is 2.28. The molecular formula is C9H14N2O3S. The van der Waals surface area contributed by atoms with Crippen LogP contribution in [0.1, 0.15) is 6.42 Å². The normalized spacial score (nSPS) is 24.2. The molecule has 6 heteroatoms. The van der Waals surface area contributed by atoms with E-state index in [0.717, 1.165) is 0 Å². The van der Waals surface area contributed by atoms with Gasteiger partial charge in [-0.2, -0.15) is 5.10 Å². The first-order valence-electron chi connectivity index (χ1n) is 4.87. The van der Waals surface area contributed by atoms with E-state index >= 15 is 0 Å². The fourth-order valence-electron chi connectivity index (χ4n) is 1.69. The lowest BCUT2D eigenvalue weighted by Gasteiger charge is -2.07. The van der Waals surface area contributed by atoms with Crippen LogP contribution in [0.5, 0.6) is 5.75 Å². The van der Waals surface area contributed by atoms with Gasteiger partial charge in [0, 0.05) is 13.0 Å². The van der Waals surface area contributed by atoms with Gasteiger partial charge in [0.2, 0.25) is 0 Å². The summed E-state index contributed by atoms with van der Waals surface area (Å²) in [6.07, 6.45) is 4.11. The van der Waals surface area contributed by atoms with Crippen molar-refractivity contribution in [3.63, 3.8) is 0 Å². The quantitative estimate of drug-likeness (QED) is 0.746. The molecule has 84 valence electrons. The maximum Gasteiger partial charge on any atom is 0.157 e. The van der Waals surface area contributed by atoms with Crippen LogP contribution < -0.4 is 4.74 Å². The Kier molecular flexibility index (Phi) is 2.68. The number of nitrogens with zero attached hydrogens (tertiary/aromatic N) is 2. The Morgan fingerprint density at radius 2 is 2.47 bits per heavy atom. The number of rotatable bonds is 3. The molecule has 1 aliphatic rings. The molecule has 0 spiro atoms. The first-order chi connectivity index (χ1) is 7.05. The minimum atomic E-state index is -2.80. The standard InChI is InChI=1S/C9H14N2O3S/c1-11-5-9(4-10-11)14-6-8-2-3-15(12,13)7-8/h4-5,8H,2-3,6-7H2,1H3. The Hall–Kier alpha value is -1.04. The van der Waals surface area contributed by atoms with Gasteiger partial charge in [0.25, 0.3) is 0 Å². The molecule has 1 atom stereocenters. The second-order valence-corrected chi connectivity index (χ2v) is 6.16. The number of aryl methyl sites for hydroxylation is 1. The smallest absolute Gasteiger partial charge is 0.157 e. The third-order valence-corrected chi connectivity index (χ3v) is 4.33. The molecule has 0 bridgehead atoms. The largest absolute Gasteiger partial charge is 0.490 e. The molecular weight excluding hydrogens is 216 g/mol. The Morgan fingerprint density at radius 3 is 3.00 bits per heavy atom. The maximum atomic E-state index is 11.2. The van der Waals surface area contributed by atoms with Crippen molar-refractivity contribution >= 4 is 9.84 Å². The SMILES string of the molecule is Cn1cc(OCC2CCS(=O)(=O)C2)cn1. The van der Waals surface area contributed by atoms with E-state index in [1.54, 1.807) is 17.1 Å². The Labute approximate surface area is 89.0 Å². The molecule has 0 N–H and O–H groups in total. The van der Waals surface area contributed by atoms with Crippen molar-refractivity contribution in [2.24, 2.45) is 13.0 Å². The van der Waals surface area contributed by atoms with Crippen molar-refractivity contribution in [3.8, 4) is 5.75 Å². The van der Waals surface area contributed by atoms with Crippen LogP contribution >= 0.6 is 0 Å². The minimum absolute atomic E-state index is 0.134. The molecule has 0 aromatic carbocycles. The number of sulfone groups is 1. The Balaban J connectivity index is 1.85. The first-order valence-corrected chi connectivity index (χ1v) is 6.69. The zero-order chi connectivity index (χ0) is 10.9. The van der Waals surface area contributed by atoms with E-state index in [9.17, 15) is 8.42 Å². The molecule has 2 rings (SSSR count). The zero-order valence-corrected chi connectivity index (χ0v) is 9.40. The van der Waals surface area contributed by atoms with Crippen molar-refractivity contribution in [1.82, 2.24) is 9.78 Å². The van der Waals surface area contributed by atoms with Gasteiger partial charge in [-0.1, -0.05) is 0 Å². The number of hydrogen-bond donors (Lipinski definition) is 0. The van der Waals surface area contributed by atoms with Crippen LogP contribution in [0.3, 0.4) is 0 Å². The Bertz CT molecular complexity index is 438. The summed E-state index contributed by atoms with van der Waals surface area (Å²) < 4.78 is 29.5. The van der Waals surface area contributed by atoms with E-state index in [1.165, 1.54) is 0 Å². The predicted octanol–water partition coefficient (Wildman–Crippen LogP) is 0.234. The predicted molar refractivity (Wildman–Crippen MR) is 55.5 cm³/mol. The van der Waals surface area contributed by atoms with Crippen LogP contribution in [-0.2, 0) is 16.9 Å². The summed E-state index contributed by atoms with van der Waals surface area (Å²) in [4.78, 5) is 0. The highest BCUT2D eigenvalue weighted by Crippen LogP contribution is 2.19. The monoisotopic (exact) mass is 230 g/mol. The second-order valence-electron chi connectivity index (χ2n) is 3.93. The van der Waals surface area contributed by atoms with Crippen LogP contribution in [0.15, 0.2) is 12.4 Å². The average molecular weight is 230 g/mol. The van der Waals surface area contributed by atoms with Gasteiger partial charge in [-0.3, -0.25) is 4.68 Å². The fourth-order valence-corrected chi connectivity index (χ4v) is 3.53. The maximum absolute atomic E-state index is 11.2. The summed E-state index contributed by atoms with van der Waals surface area (Å²) in [5.41, 5.74) is 0. The van der Waals surface area contributed by atoms with Crippen molar-refractivity contribution < 1.29 is 13.2 Å². The van der Waals surface area contributed by atoms with Gasteiger partial charge >= 0.3 is 0 Å². The topological polar surface area (TPSA) is 61.2 Å². The van der Waals surface area contributed by atoms with Crippen molar-refractivity contribution in [2.45, 2.75) is 6.42 Å². The van der Waals surface area contributed by atoms with Gasteiger partial charge in [0.05, 0.1) is 30.5 Å². The molecule has 0 amide bonds. The van der Waals surface area contributed by atoms with E-state index in [-0.39, 0.29) is 11.7 Å². The van der Waals surface area contributed by atoms with Gasteiger partial charge in [0.15, 0.2) is 15.6 Å². The van der Waals surface area contributed by atoms with Crippen molar-refractivity contribution in [1.29, 1.82) is 0 Å². The highest BCUT2D eigenvalue weighted by atomic mass is 32.2. The summed E-state index contributed by atoms with van der Waals surface area (Å²) in [5, 5.41) is 3.96. The average Bonchev–Trinajstić information content (AvgIpc) is 2.69. The van der Waals surface area contributed by atoms with E-state index in [0.29, 0.717) is 24.5 Å². The lowest BCUT2D eigenvalue weighted by atomic mass is 10.1. The fraction of sp³-hybridized carbons (Fsp3) is 0.667. The summed E-state index contributed by atoms with van der Waals surface area (Å²) in [6.45, 7) is 0.463. The molecule has 2 heterocycles. The third-order valence-electron chi connectivity index (χ3n) is 2.49. The van der Waals surface area contributed by atoms with Crippen LogP contribution in [0, 0.1) is 5.92 Å². The van der Waals surface area contributed by atoms with Crippen LogP contribution in [-0.4, -0.2) is 36.3 Å². The molecule has 15 heavy (non-hydrogen) atoms. The van der Waals surface area contributed by atoms with Gasteiger partial charge in [0.1, 0.15) is 0 Å². The zero-order valence-electron chi connectivity index (χ0n) is 8.59. The minimum Gasteiger partial charge on any atom is -0.490 e. The third kappa shape index (κ3) is 2.71. The molecule has 1 fully saturated rings. The lowest BCUT2D eigenvalue weighted by Crippen LogP contribution is -2.13. The van der Waals surface area contributed by atoms with E-state index in [1.807, 2.05) is 7.05 Å².